The van der Waals surface area contributed by atoms with Crippen LogP contribution in [-0.4, -0.2) is 4.40 Å². The Balaban J connectivity index is 2.33. The number of hydrogen-bond donors (Lipinski definition) is 0. The third-order valence-electron chi connectivity index (χ3n) is 3.87. The third-order valence-corrected chi connectivity index (χ3v) is 4.37. The summed E-state index contributed by atoms with van der Waals surface area (Å²) in [4.78, 5) is 12.4. The van der Waals surface area contributed by atoms with Crippen LogP contribution in [0.25, 0.3) is 27.5 Å². The van der Waals surface area contributed by atoms with Crippen LogP contribution in [0.1, 0.15) is 5.69 Å². The van der Waals surface area contributed by atoms with Gasteiger partial charge in [0.2, 0.25) is 0 Å². The Morgan fingerprint density at radius 2 is 1.86 bits per heavy atom. The molecule has 0 N–H and O–H groups in total. The van der Waals surface area contributed by atoms with Crippen molar-refractivity contribution in [2.75, 3.05) is 0 Å². The smallest absolute Gasteiger partial charge is 0.360 e. The standard InChI is InChI=1S/C18H12BrNO2/c1-11-10-22-18(21)17-16(12-5-3-2-4-6-12)14-9-13(19)7-8-15(14)20(11)17/h2-10H,1H3. The normalized spacial score (nSPS) is 11.4. The molecule has 0 saturated heterocycles. The minimum atomic E-state index is -0.322. The van der Waals surface area contributed by atoms with E-state index in [0.717, 1.165) is 32.2 Å². The van der Waals surface area contributed by atoms with Crippen molar-refractivity contribution >= 4 is 32.3 Å². The van der Waals surface area contributed by atoms with E-state index >= 15 is 0 Å². The van der Waals surface area contributed by atoms with Crippen LogP contribution >= 0.6 is 15.9 Å². The lowest BCUT2D eigenvalue weighted by Crippen LogP contribution is -2.05. The summed E-state index contributed by atoms with van der Waals surface area (Å²) in [5.41, 5.74) is 4.07. The van der Waals surface area contributed by atoms with E-state index in [1.54, 1.807) is 0 Å². The Bertz CT molecular complexity index is 1060. The lowest BCUT2D eigenvalue weighted by molar-refractivity contribution is 0.504. The molecule has 2 heterocycles. The maximum Gasteiger partial charge on any atom is 0.360 e. The lowest BCUT2D eigenvalue weighted by Gasteiger charge is -2.01. The van der Waals surface area contributed by atoms with E-state index < -0.39 is 0 Å². The van der Waals surface area contributed by atoms with Gasteiger partial charge in [-0.15, -0.1) is 0 Å². The first-order valence-electron chi connectivity index (χ1n) is 6.94. The minimum absolute atomic E-state index is 0.322. The van der Waals surface area contributed by atoms with E-state index in [0.29, 0.717) is 5.52 Å². The number of hydrogen-bond acceptors (Lipinski definition) is 2. The molecular weight excluding hydrogens is 342 g/mol. The highest BCUT2D eigenvalue weighted by molar-refractivity contribution is 9.10. The van der Waals surface area contributed by atoms with Crippen molar-refractivity contribution in [1.29, 1.82) is 0 Å². The molecule has 0 aliphatic heterocycles. The van der Waals surface area contributed by atoms with E-state index in [2.05, 4.69) is 15.9 Å². The maximum absolute atomic E-state index is 12.4. The third kappa shape index (κ3) is 1.84. The molecule has 0 radical (unpaired) electrons. The highest BCUT2D eigenvalue weighted by Crippen LogP contribution is 2.35. The summed E-state index contributed by atoms with van der Waals surface area (Å²) in [5.74, 6) is 0. The molecule has 0 aliphatic carbocycles. The summed E-state index contributed by atoms with van der Waals surface area (Å²) < 4.78 is 8.15. The number of fused-ring (bicyclic) bond motifs is 3. The average Bonchev–Trinajstić information content (AvgIpc) is 2.87. The average molecular weight is 354 g/mol. The fourth-order valence-corrected chi connectivity index (χ4v) is 3.33. The molecule has 108 valence electrons. The fraction of sp³-hybridized carbons (Fsp3) is 0.0556. The van der Waals surface area contributed by atoms with Crippen molar-refractivity contribution in [3.8, 4) is 11.1 Å². The van der Waals surface area contributed by atoms with Gasteiger partial charge in [-0.05, 0) is 30.7 Å². The molecule has 4 aromatic rings. The number of benzene rings is 2. The second kappa shape index (κ2) is 4.85. The number of halogens is 1. The Kier molecular flexibility index (Phi) is 2.94. The lowest BCUT2D eigenvalue weighted by atomic mass is 10.0. The van der Waals surface area contributed by atoms with Gasteiger partial charge in [0.05, 0.1) is 11.2 Å². The van der Waals surface area contributed by atoms with Crippen LogP contribution in [0.4, 0.5) is 0 Å². The topological polar surface area (TPSA) is 34.6 Å². The fourth-order valence-electron chi connectivity index (χ4n) is 2.97. The van der Waals surface area contributed by atoms with E-state index in [9.17, 15) is 4.79 Å². The Morgan fingerprint density at radius 3 is 2.64 bits per heavy atom. The number of nitrogens with zero attached hydrogens (tertiary/aromatic N) is 1. The highest BCUT2D eigenvalue weighted by atomic mass is 79.9. The second-order valence-electron chi connectivity index (χ2n) is 5.25. The van der Waals surface area contributed by atoms with Crippen LogP contribution in [0.5, 0.6) is 0 Å². The summed E-state index contributed by atoms with van der Waals surface area (Å²) in [5, 5.41) is 1.03. The molecule has 2 aromatic heterocycles. The van der Waals surface area contributed by atoms with Gasteiger partial charge >= 0.3 is 5.63 Å². The van der Waals surface area contributed by atoms with E-state index in [1.807, 2.05) is 59.9 Å². The molecule has 0 atom stereocenters. The predicted molar refractivity (Wildman–Crippen MR) is 91.3 cm³/mol. The van der Waals surface area contributed by atoms with Crippen molar-refractivity contribution in [2.45, 2.75) is 6.92 Å². The minimum Gasteiger partial charge on any atom is -0.428 e. The van der Waals surface area contributed by atoms with Gasteiger partial charge in [-0.25, -0.2) is 4.79 Å². The first-order valence-corrected chi connectivity index (χ1v) is 7.73. The van der Waals surface area contributed by atoms with Gasteiger partial charge in [-0.3, -0.25) is 0 Å². The van der Waals surface area contributed by atoms with Crippen LogP contribution in [0.3, 0.4) is 0 Å². The molecule has 3 nitrogen and oxygen atoms in total. The van der Waals surface area contributed by atoms with Crippen LogP contribution in [-0.2, 0) is 0 Å². The van der Waals surface area contributed by atoms with Crippen molar-refractivity contribution < 1.29 is 4.42 Å². The summed E-state index contributed by atoms with van der Waals surface area (Å²) in [6.45, 7) is 1.94. The van der Waals surface area contributed by atoms with Gasteiger partial charge < -0.3 is 8.82 Å². The Labute approximate surface area is 134 Å². The molecule has 0 saturated carbocycles. The molecule has 0 spiro atoms. The molecule has 22 heavy (non-hydrogen) atoms. The van der Waals surface area contributed by atoms with Crippen molar-refractivity contribution in [3.05, 3.63) is 75.4 Å². The molecule has 4 rings (SSSR count). The monoisotopic (exact) mass is 353 g/mol. The van der Waals surface area contributed by atoms with E-state index in [1.165, 1.54) is 6.26 Å². The second-order valence-corrected chi connectivity index (χ2v) is 6.17. The summed E-state index contributed by atoms with van der Waals surface area (Å²) in [6.07, 6.45) is 1.51. The molecule has 2 aromatic carbocycles. The number of aryl methyl sites for hydroxylation is 1. The van der Waals surface area contributed by atoms with Crippen LogP contribution in [0, 0.1) is 6.92 Å². The van der Waals surface area contributed by atoms with Crippen LogP contribution in [0.15, 0.2) is 68.5 Å². The van der Waals surface area contributed by atoms with Crippen molar-refractivity contribution in [3.63, 3.8) is 0 Å². The zero-order valence-electron chi connectivity index (χ0n) is 11.8. The number of rotatable bonds is 1. The number of aromatic nitrogens is 1. The highest BCUT2D eigenvalue weighted by Gasteiger charge is 2.18. The van der Waals surface area contributed by atoms with Gasteiger partial charge in [-0.1, -0.05) is 46.3 Å². The first kappa shape index (κ1) is 13.3. The zero-order valence-corrected chi connectivity index (χ0v) is 13.4. The van der Waals surface area contributed by atoms with Crippen LogP contribution < -0.4 is 5.63 Å². The molecule has 4 heteroatoms. The zero-order chi connectivity index (χ0) is 15.3. The van der Waals surface area contributed by atoms with Gasteiger partial charge in [-0.2, -0.15) is 0 Å². The molecule has 0 unspecified atom stereocenters. The van der Waals surface area contributed by atoms with Gasteiger partial charge in [0.1, 0.15) is 11.8 Å². The largest absolute Gasteiger partial charge is 0.428 e. The van der Waals surface area contributed by atoms with Crippen LogP contribution in [0.2, 0.25) is 0 Å². The van der Waals surface area contributed by atoms with Crippen molar-refractivity contribution in [2.24, 2.45) is 0 Å². The molecule has 0 bridgehead atoms. The van der Waals surface area contributed by atoms with E-state index in [-0.39, 0.29) is 5.63 Å². The van der Waals surface area contributed by atoms with Crippen molar-refractivity contribution in [1.82, 2.24) is 4.40 Å². The van der Waals surface area contributed by atoms with Gasteiger partial charge in [0, 0.05) is 15.4 Å². The SMILES string of the molecule is Cc1coc(=O)c2c(-c3ccccc3)c3cc(Br)ccc3n12. The summed E-state index contributed by atoms with van der Waals surface area (Å²) >= 11 is 3.52. The van der Waals surface area contributed by atoms with Gasteiger partial charge in [0.25, 0.3) is 0 Å². The first-order chi connectivity index (χ1) is 10.7. The van der Waals surface area contributed by atoms with Gasteiger partial charge in [0.15, 0.2) is 0 Å². The molecule has 0 aliphatic rings. The van der Waals surface area contributed by atoms with E-state index in [4.69, 9.17) is 4.42 Å². The maximum atomic E-state index is 12.4. The predicted octanol–water partition coefficient (Wildman–Crippen LogP) is 4.78. The Hall–Kier alpha value is -2.33. The summed E-state index contributed by atoms with van der Waals surface area (Å²) in [7, 11) is 0. The molecule has 0 amide bonds. The quantitative estimate of drug-likeness (QED) is 0.493. The Morgan fingerprint density at radius 1 is 1.09 bits per heavy atom. The summed E-state index contributed by atoms with van der Waals surface area (Å²) in [6, 6.07) is 16.0. The molecule has 0 fully saturated rings. The molecular formula is C18H12BrNO2.